The lowest BCUT2D eigenvalue weighted by molar-refractivity contribution is -0.157. The van der Waals surface area contributed by atoms with E-state index >= 15 is 0 Å². The number of aliphatic carboxylic acids is 1. The van der Waals surface area contributed by atoms with E-state index in [-0.39, 0.29) is 5.91 Å². The van der Waals surface area contributed by atoms with E-state index < -0.39 is 17.6 Å². The summed E-state index contributed by atoms with van der Waals surface area (Å²) in [4.78, 5) is 25.1. The number of carbonyl (C=O) groups is 2. The predicted molar refractivity (Wildman–Crippen MR) is 64.5 cm³/mol. The molecule has 0 saturated carbocycles. The van der Waals surface area contributed by atoms with Gasteiger partial charge in [-0.1, -0.05) is 20.3 Å². The molecule has 0 spiro atoms. The third-order valence-corrected chi connectivity index (χ3v) is 3.57. The van der Waals surface area contributed by atoms with Crippen molar-refractivity contribution in [1.82, 2.24) is 4.90 Å². The largest absolute Gasteiger partial charge is 0.479 e. The molecule has 1 saturated heterocycles. The van der Waals surface area contributed by atoms with Crippen molar-refractivity contribution >= 4 is 11.9 Å². The quantitative estimate of drug-likeness (QED) is 0.752. The van der Waals surface area contributed by atoms with Gasteiger partial charge in [-0.3, -0.25) is 4.79 Å². The van der Waals surface area contributed by atoms with E-state index in [0.717, 1.165) is 12.8 Å². The van der Waals surface area contributed by atoms with Gasteiger partial charge in [0.15, 0.2) is 0 Å². The molecule has 0 aromatic heterocycles. The molecule has 0 aromatic carbocycles. The van der Waals surface area contributed by atoms with E-state index in [1.807, 2.05) is 13.8 Å². The average molecular weight is 242 g/mol. The van der Waals surface area contributed by atoms with Crippen molar-refractivity contribution < 1.29 is 14.7 Å². The topological polar surface area (TPSA) is 83.6 Å². The van der Waals surface area contributed by atoms with Crippen LogP contribution >= 0.6 is 0 Å². The summed E-state index contributed by atoms with van der Waals surface area (Å²) >= 11 is 0. The highest BCUT2D eigenvalue weighted by atomic mass is 16.4. The van der Waals surface area contributed by atoms with Gasteiger partial charge in [0.25, 0.3) is 0 Å². The summed E-state index contributed by atoms with van der Waals surface area (Å²) in [6.45, 7) is 4.28. The molecule has 2 atom stereocenters. The van der Waals surface area contributed by atoms with Crippen molar-refractivity contribution in [2.24, 2.45) is 5.73 Å². The summed E-state index contributed by atoms with van der Waals surface area (Å²) in [5.41, 5.74) is 4.71. The SMILES string of the molecule is CCCC1(C(=O)O)CCCN1C(=O)[C@H](N)CC. The molecule has 1 fully saturated rings. The third-order valence-electron chi connectivity index (χ3n) is 3.57. The lowest BCUT2D eigenvalue weighted by Gasteiger charge is -2.36. The fraction of sp³-hybridized carbons (Fsp3) is 0.833. The Hall–Kier alpha value is -1.10. The number of amides is 1. The molecule has 1 unspecified atom stereocenters. The van der Waals surface area contributed by atoms with Crippen LogP contribution in [-0.4, -0.2) is 40.0 Å². The van der Waals surface area contributed by atoms with E-state index in [0.29, 0.717) is 25.8 Å². The molecule has 1 rings (SSSR count). The van der Waals surface area contributed by atoms with Crippen molar-refractivity contribution in [1.29, 1.82) is 0 Å². The number of carbonyl (C=O) groups excluding carboxylic acids is 1. The minimum Gasteiger partial charge on any atom is -0.479 e. The van der Waals surface area contributed by atoms with E-state index in [2.05, 4.69) is 0 Å². The zero-order valence-corrected chi connectivity index (χ0v) is 10.6. The minimum absolute atomic E-state index is 0.221. The van der Waals surface area contributed by atoms with Gasteiger partial charge in [0.05, 0.1) is 6.04 Å². The van der Waals surface area contributed by atoms with Gasteiger partial charge < -0.3 is 15.7 Å². The van der Waals surface area contributed by atoms with Crippen molar-refractivity contribution in [3.8, 4) is 0 Å². The predicted octanol–water partition coefficient (Wildman–Crippen LogP) is 0.970. The highest BCUT2D eigenvalue weighted by Crippen LogP contribution is 2.34. The molecule has 17 heavy (non-hydrogen) atoms. The smallest absolute Gasteiger partial charge is 0.329 e. The van der Waals surface area contributed by atoms with Gasteiger partial charge in [-0.05, 0) is 25.7 Å². The molecule has 0 bridgehead atoms. The summed E-state index contributed by atoms with van der Waals surface area (Å²) in [6, 6.07) is -0.580. The van der Waals surface area contributed by atoms with Crippen LogP contribution in [0, 0.1) is 0 Å². The molecule has 0 aromatic rings. The number of carboxylic acid groups (broad SMARTS) is 1. The number of nitrogens with zero attached hydrogens (tertiary/aromatic N) is 1. The van der Waals surface area contributed by atoms with Crippen molar-refractivity contribution in [2.45, 2.75) is 57.5 Å². The van der Waals surface area contributed by atoms with Crippen molar-refractivity contribution in [3.05, 3.63) is 0 Å². The molecular formula is C12H22N2O3. The van der Waals surface area contributed by atoms with E-state index in [1.54, 1.807) is 0 Å². The highest BCUT2D eigenvalue weighted by Gasteiger charge is 2.49. The Morgan fingerprint density at radius 1 is 1.47 bits per heavy atom. The van der Waals surface area contributed by atoms with E-state index in [1.165, 1.54) is 4.90 Å². The van der Waals surface area contributed by atoms with Crippen LogP contribution in [0.5, 0.6) is 0 Å². The Bertz CT molecular complexity index is 306. The van der Waals surface area contributed by atoms with Crippen LogP contribution in [-0.2, 0) is 9.59 Å². The summed E-state index contributed by atoms with van der Waals surface area (Å²) in [5, 5.41) is 9.43. The molecule has 1 heterocycles. The summed E-state index contributed by atoms with van der Waals surface area (Å²) in [6.07, 6.45) is 3.08. The second-order valence-electron chi connectivity index (χ2n) is 4.69. The van der Waals surface area contributed by atoms with Crippen LogP contribution < -0.4 is 5.73 Å². The van der Waals surface area contributed by atoms with Gasteiger partial charge in [-0.2, -0.15) is 0 Å². The lowest BCUT2D eigenvalue weighted by atomic mass is 9.90. The van der Waals surface area contributed by atoms with E-state index in [9.17, 15) is 14.7 Å². The van der Waals surface area contributed by atoms with Crippen molar-refractivity contribution in [2.75, 3.05) is 6.54 Å². The summed E-state index contributed by atoms with van der Waals surface area (Å²) < 4.78 is 0. The third kappa shape index (κ3) is 2.44. The van der Waals surface area contributed by atoms with Crippen molar-refractivity contribution in [3.63, 3.8) is 0 Å². The highest BCUT2D eigenvalue weighted by molar-refractivity contribution is 5.90. The Labute approximate surface area is 102 Å². The Balaban J connectivity index is 2.96. The zero-order chi connectivity index (χ0) is 13.1. The maximum Gasteiger partial charge on any atom is 0.329 e. The Kier molecular flexibility index (Phi) is 4.51. The molecular weight excluding hydrogens is 220 g/mol. The number of likely N-dealkylation sites (tertiary alicyclic amines) is 1. The van der Waals surface area contributed by atoms with Crippen LogP contribution in [0.2, 0.25) is 0 Å². The van der Waals surface area contributed by atoms with Gasteiger partial charge in [0.1, 0.15) is 5.54 Å². The fourth-order valence-corrected chi connectivity index (χ4v) is 2.58. The first kappa shape index (κ1) is 14.0. The second-order valence-corrected chi connectivity index (χ2v) is 4.69. The maximum absolute atomic E-state index is 12.1. The standard InChI is InChI=1S/C12H22N2O3/c1-3-6-12(11(16)17)7-5-8-14(12)10(15)9(13)4-2/h9H,3-8,13H2,1-2H3,(H,16,17)/t9-,12?/m1/s1. The molecule has 5 nitrogen and oxygen atoms in total. The first-order valence-corrected chi connectivity index (χ1v) is 6.30. The van der Waals surface area contributed by atoms with Crippen LogP contribution in [0.15, 0.2) is 0 Å². The molecule has 0 radical (unpaired) electrons. The number of hydrogen-bond donors (Lipinski definition) is 2. The normalized spacial score (nSPS) is 25.9. The van der Waals surface area contributed by atoms with Gasteiger partial charge >= 0.3 is 5.97 Å². The molecule has 0 aliphatic carbocycles. The van der Waals surface area contributed by atoms with Gasteiger partial charge in [-0.15, -0.1) is 0 Å². The molecule has 5 heteroatoms. The first-order valence-electron chi connectivity index (χ1n) is 6.30. The molecule has 3 N–H and O–H groups in total. The Morgan fingerprint density at radius 3 is 2.59 bits per heavy atom. The second kappa shape index (κ2) is 5.49. The molecule has 98 valence electrons. The lowest BCUT2D eigenvalue weighted by Crippen LogP contribution is -2.57. The Morgan fingerprint density at radius 2 is 2.12 bits per heavy atom. The summed E-state index contributed by atoms with van der Waals surface area (Å²) in [5.74, 6) is -1.12. The molecule has 1 aliphatic rings. The number of rotatable bonds is 5. The molecule has 1 aliphatic heterocycles. The average Bonchev–Trinajstić information content (AvgIpc) is 2.72. The van der Waals surface area contributed by atoms with Crippen LogP contribution in [0.4, 0.5) is 0 Å². The number of nitrogens with two attached hydrogens (primary N) is 1. The monoisotopic (exact) mass is 242 g/mol. The molecule has 1 amide bonds. The number of carboxylic acids is 1. The zero-order valence-electron chi connectivity index (χ0n) is 10.6. The van der Waals surface area contributed by atoms with Gasteiger partial charge in [-0.25, -0.2) is 4.79 Å². The van der Waals surface area contributed by atoms with Crippen LogP contribution in [0.1, 0.15) is 46.0 Å². The number of hydrogen-bond acceptors (Lipinski definition) is 3. The summed E-state index contributed by atoms with van der Waals surface area (Å²) in [7, 11) is 0. The van der Waals surface area contributed by atoms with Gasteiger partial charge in [0.2, 0.25) is 5.91 Å². The first-order chi connectivity index (χ1) is 7.99. The fourth-order valence-electron chi connectivity index (χ4n) is 2.58. The van der Waals surface area contributed by atoms with Crippen LogP contribution in [0.25, 0.3) is 0 Å². The van der Waals surface area contributed by atoms with Gasteiger partial charge in [0, 0.05) is 6.54 Å². The maximum atomic E-state index is 12.1. The van der Waals surface area contributed by atoms with E-state index in [4.69, 9.17) is 5.73 Å². The minimum atomic E-state index is -1.02. The van der Waals surface area contributed by atoms with Crippen LogP contribution in [0.3, 0.4) is 0 Å².